The maximum absolute atomic E-state index is 12.4. The minimum atomic E-state index is -0.629. The van der Waals surface area contributed by atoms with Gasteiger partial charge in [0.05, 0.1) is 0 Å². The number of hydrogen-bond donors (Lipinski definition) is 0. The van der Waals surface area contributed by atoms with Gasteiger partial charge in [-0.1, -0.05) is 30.3 Å². The summed E-state index contributed by atoms with van der Waals surface area (Å²) in [5.41, 5.74) is 0.310. The molecule has 4 heteroatoms. The Bertz CT molecular complexity index is 525. The van der Waals surface area contributed by atoms with Gasteiger partial charge in [-0.05, 0) is 26.3 Å². The number of nitrogens with zero attached hydrogens (tertiary/aromatic N) is 1. The van der Waals surface area contributed by atoms with Gasteiger partial charge in [-0.15, -0.1) is 0 Å². The first-order valence-corrected chi connectivity index (χ1v) is 6.88. The minimum absolute atomic E-state index is 0.0683. The molecule has 0 aliphatic carbocycles. The molecule has 0 unspecified atom stereocenters. The Hall–Kier alpha value is -2.10. The predicted octanol–water partition coefficient (Wildman–Crippen LogP) is 2.59. The topological polar surface area (TPSA) is 46.6 Å². The number of carbonyl (C=O) groups is 2. The van der Waals surface area contributed by atoms with Crippen molar-refractivity contribution in [1.29, 1.82) is 0 Å². The van der Waals surface area contributed by atoms with Gasteiger partial charge in [-0.3, -0.25) is 4.79 Å². The van der Waals surface area contributed by atoms with Crippen molar-refractivity contribution >= 4 is 11.8 Å². The molecule has 0 fully saturated rings. The molecule has 0 saturated heterocycles. The van der Waals surface area contributed by atoms with Crippen molar-refractivity contribution in [2.45, 2.75) is 32.8 Å². The molecule has 21 heavy (non-hydrogen) atoms. The lowest BCUT2D eigenvalue weighted by molar-refractivity contribution is -0.150. The Balaban J connectivity index is 2.93. The van der Waals surface area contributed by atoms with Crippen molar-refractivity contribution in [3.63, 3.8) is 0 Å². The Kier molecular flexibility index (Phi) is 5.70. The van der Waals surface area contributed by atoms with Crippen LogP contribution in [0.4, 0.5) is 0 Å². The molecule has 0 atom stereocenters. The standard InChI is InChI=1S/C17H23NO3/c1-17(2,3)21-16(20)14(12-18(4)5)15(19)11-13-9-7-6-8-10-13/h6-10,12H,11H2,1-5H3. The van der Waals surface area contributed by atoms with Gasteiger partial charge < -0.3 is 9.64 Å². The third-order valence-electron chi connectivity index (χ3n) is 2.51. The third kappa shape index (κ3) is 6.25. The third-order valence-corrected chi connectivity index (χ3v) is 2.51. The molecule has 1 aromatic carbocycles. The maximum atomic E-state index is 12.4. The van der Waals surface area contributed by atoms with Crippen LogP contribution in [0, 0.1) is 0 Å². The first-order valence-electron chi connectivity index (χ1n) is 6.88. The summed E-state index contributed by atoms with van der Waals surface area (Å²) in [5.74, 6) is -0.832. The van der Waals surface area contributed by atoms with Crippen molar-refractivity contribution in [1.82, 2.24) is 4.90 Å². The minimum Gasteiger partial charge on any atom is -0.456 e. The summed E-state index contributed by atoms with van der Waals surface area (Å²) in [5, 5.41) is 0. The van der Waals surface area contributed by atoms with E-state index in [9.17, 15) is 9.59 Å². The van der Waals surface area contributed by atoms with Gasteiger partial charge in [0.2, 0.25) is 0 Å². The molecule has 0 heterocycles. The van der Waals surface area contributed by atoms with Crippen LogP contribution in [-0.2, 0) is 20.7 Å². The first kappa shape index (κ1) is 17.0. The highest BCUT2D eigenvalue weighted by molar-refractivity contribution is 6.17. The lowest BCUT2D eigenvalue weighted by Gasteiger charge is -2.21. The zero-order valence-corrected chi connectivity index (χ0v) is 13.3. The summed E-state index contributed by atoms with van der Waals surface area (Å²) in [6, 6.07) is 9.34. The van der Waals surface area contributed by atoms with Gasteiger partial charge >= 0.3 is 5.97 Å². The summed E-state index contributed by atoms with van der Waals surface area (Å²) >= 11 is 0. The van der Waals surface area contributed by atoms with Crippen molar-refractivity contribution in [3.8, 4) is 0 Å². The number of hydrogen-bond acceptors (Lipinski definition) is 4. The Morgan fingerprint density at radius 1 is 1.14 bits per heavy atom. The fraction of sp³-hybridized carbons (Fsp3) is 0.412. The summed E-state index contributed by atoms with van der Waals surface area (Å²) in [4.78, 5) is 26.2. The molecular weight excluding hydrogens is 266 g/mol. The highest BCUT2D eigenvalue weighted by Crippen LogP contribution is 2.14. The normalized spacial score (nSPS) is 12.0. The van der Waals surface area contributed by atoms with E-state index in [1.807, 2.05) is 30.3 Å². The van der Waals surface area contributed by atoms with Crippen LogP contribution in [0.2, 0.25) is 0 Å². The van der Waals surface area contributed by atoms with Crippen LogP contribution in [0.25, 0.3) is 0 Å². The summed E-state index contributed by atoms with van der Waals surface area (Å²) in [6.07, 6.45) is 1.69. The molecule has 0 bridgehead atoms. The number of benzene rings is 1. The van der Waals surface area contributed by atoms with Crippen LogP contribution in [0.1, 0.15) is 26.3 Å². The largest absolute Gasteiger partial charge is 0.456 e. The van der Waals surface area contributed by atoms with E-state index in [1.165, 1.54) is 6.20 Å². The summed E-state index contributed by atoms with van der Waals surface area (Å²) in [7, 11) is 3.53. The van der Waals surface area contributed by atoms with E-state index in [-0.39, 0.29) is 17.8 Å². The number of carbonyl (C=O) groups excluding carboxylic acids is 2. The molecule has 0 N–H and O–H groups in total. The SMILES string of the molecule is CN(C)C=C(C(=O)Cc1ccccc1)C(=O)OC(C)(C)C. The number of ketones is 1. The molecule has 0 spiro atoms. The van der Waals surface area contributed by atoms with Gasteiger partial charge in [0.1, 0.15) is 11.2 Å². The number of esters is 1. The molecule has 114 valence electrons. The molecular formula is C17H23NO3. The average Bonchev–Trinajstić information content (AvgIpc) is 2.34. The molecule has 0 aliphatic rings. The van der Waals surface area contributed by atoms with E-state index in [0.29, 0.717) is 0 Å². The summed E-state index contributed by atoms with van der Waals surface area (Å²) < 4.78 is 5.30. The fourth-order valence-corrected chi connectivity index (χ4v) is 1.71. The Morgan fingerprint density at radius 2 is 1.71 bits per heavy atom. The van der Waals surface area contributed by atoms with E-state index < -0.39 is 11.6 Å². The van der Waals surface area contributed by atoms with Gasteiger partial charge in [0, 0.05) is 26.7 Å². The molecule has 4 nitrogen and oxygen atoms in total. The molecule has 1 rings (SSSR count). The van der Waals surface area contributed by atoms with Crippen LogP contribution in [0.15, 0.2) is 42.1 Å². The van der Waals surface area contributed by atoms with Gasteiger partial charge in [-0.25, -0.2) is 4.79 Å². The van der Waals surface area contributed by atoms with E-state index in [0.717, 1.165) is 5.56 Å². The quantitative estimate of drug-likeness (QED) is 0.362. The number of rotatable bonds is 5. The monoisotopic (exact) mass is 289 g/mol. The van der Waals surface area contributed by atoms with Crippen LogP contribution >= 0.6 is 0 Å². The van der Waals surface area contributed by atoms with E-state index in [1.54, 1.807) is 39.8 Å². The second-order valence-electron chi connectivity index (χ2n) is 6.09. The molecule has 1 aromatic rings. The molecule has 0 aliphatic heterocycles. The lowest BCUT2D eigenvalue weighted by Crippen LogP contribution is -2.28. The average molecular weight is 289 g/mol. The van der Waals surface area contributed by atoms with Crippen LogP contribution in [0.3, 0.4) is 0 Å². The van der Waals surface area contributed by atoms with Crippen molar-refractivity contribution in [3.05, 3.63) is 47.7 Å². The zero-order chi connectivity index (χ0) is 16.0. The molecule has 0 radical (unpaired) electrons. The van der Waals surface area contributed by atoms with E-state index >= 15 is 0 Å². The zero-order valence-electron chi connectivity index (χ0n) is 13.3. The predicted molar refractivity (Wildman–Crippen MR) is 82.8 cm³/mol. The highest BCUT2D eigenvalue weighted by Gasteiger charge is 2.25. The van der Waals surface area contributed by atoms with Crippen LogP contribution < -0.4 is 0 Å². The van der Waals surface area contributed by atoms with Gasteiger partial charge in [0.25, 0.3) is 0 Å². The summed E-state index contributed by atoms with van der Waals surface area (Å²) in [6.45, 7) is 5.33. The van der Waals surface area contributed by atoms with E-state index in [4.69, 9.17) is 4.74 Å². The van der Waals surface area contributed by atoms with Crippen LogP contribution in [0.5, 0.6) is 0 Å². The second kappa shape index (κ2) is 7.07. The van der Waals surface area contributed by atoms with Crippen molar-refractivity contribution in [2.75, 3.05) is 14.1 Å². The fourth-order valence-electron chi connectivity index (χ4n) is 1.71. The van der Waals surface area contributed by atoms with E-state index in [2.05, 4.69) is 0 Å². The first-order chi connectivity index (χ1) is 9.69. The van der Waals surface area contributed by atoms with Gasteiger partial charge in [0.15, 0.2) is 5.78 Å². The van der Waals surface area contributed by atoms with Crippen molar-refractivity contribution < 1.29 is 14.3 Å². The molecule has 0 aromatic heterocycles. The molecule has 0 amide bonds. The lowest BCUT2D eigenvalue weighted by atomic mass is 10.0. The number of Topliss-reactive ketones (excluding diaryl/α,β-unsaturated/α-hetero) is 1. The number of ether oxygens (including phenoxy) is 1. The van der Waals surface area contributed by atoms with Gasteiger partial charge in [-0.2, -0.15) is 0 Å². The van der Waals surface area contributed by atoms with Crippen molar-refractivity contribution in [2.24, 2.45) is 0 Å². The Morgan fingerprint density at radius 3 is 2.19 bits per heavy atom. The maximum Gasteiger partial charge on any atom is 0.343 e. The smallest absolute Gasteiger partial charge is 0.343 e. The second-order valence-corrected chi connectivity index (χ2v) is 6.09. The highest BCUT2D eigenvalue weighted by atomic mass is 16.6. The van der Waals surface area contributed by atoms with Crippen LogP contribution in [-0.4, -0.2) is 36.3 Å². The Labute approximate surface area is 126 Å². The molecule has 0 saturated carbocycles.